The van der Waals surface area contributed by atoms with Gasteiger partial charge in [-0.15, -0.1) is 0 Å². The fourth-order valence-corrected chi connectivity index (χ4v) is 2.57. The minimum atomic E-state index is -0.459. The first-order chi connectivity index (χ1) is 9.08. The van der Waals surface area contributed by atoms with Crippen molar-refractivity contribution in [1.29, 1.82) is 0 Å². The van der Waals surface area contributed by atoms with Crippen LogP contribution in [0.1, 0.15) is 0 Å². The Morgan fingerprint density at radius 1 is 1.32 bits per heavy atom. The van der Waals surface area contributed by atoms with Gasteiger partial charge in [0.2, 0.25) is 0 Å². The predicted octanol–water partition coefficient (Wildman–Crippen LogP) is 2.10. The summed E-state index contributed by atoms with van der Waals surface area (Å²) >= 11 is 5.91. The van der Waals surface area contributed by atoms with E-state index in [2.05, 4.69) is 0 Å². The molecule has 0 saturated carbocycles. The Morgan fingerprint density at radius 2 is 1.89 bits per heavy atom. The third kappa shape index (κ3) is 2.65. The smallest absolute Gasteiger partial charge is 0.310 e. The zero-order valence-corrected chi connectivity index (χ0v) is 11.5. The van der Waals surface area contributed by atoms with E-state index in [1.165, 1.54) is 6.07 Å². The summed E-state index contributed by atoms with van der Waals surface area (Å²) in [6.07, 6.45) is -0.216. The molecule has 2 unspecified atom stereocenters. The van der Waals surface area contributed by atoms with Gasteiger partial charge in [0.25, 0.3) is 0 Å². The third-order valence-electron chi connectivity index (χ3n) is 3.31. The number of methoxy groups -OCH3 is 2. The SMILES string of the molecule is COC1CN(c2cccc(Cl)c2[N+](=O)[O-])CC1OC. The van der Waals surface area contributed by atoms with Gasteiger partial charge >= 0.3 is 5.69 Å². The Hall–Kier alpha value is -1.37. The lowest BCUT2D eigenvalue weighted by Crippen LogP contribution is -2.27. The number of hydrogen-bond donors (Lipinski definition) is 0. The largest absolute Gasteiger partial charge is 0.377 e. The van der Waals surface area contributed by atoms with E-state index in [9.17, 15) is 10.1 Å². The van der Waals surface area contributed by atoms with Crippen LogP contribution in [0.3, 0.4) is 0 Å². The summed E-state index contributed by atoms with van der Waals surface area (Å²) in [6.45, 7) is 1.08. The average Bonchev–Trinajstić information content (AvgIpc) is 2.81. The number of rotatable bonds is 4. The number of benzene rings is 1. The monoisotopic (exact) mass is 286 g/mol. The Kier molecular flexibility index (Phi) is 4.24. The molecule has 1 saturated heterocycles. The highest BCUT2D eigenvalue weighted by Gasteiger charge is 2.36. The van der Waals surface area contributed by atoms with Gasteiger partial charge in [0.05, 0.1) is 4.92 Å². The first kappa shape index (κ1) is 14.0. The molecule has 1 aromatic rings. The van der Waals surface area contributed by atoms with E-state index in [0.717, 1.165) is 0 Å². The topological polar surface area (TPSA) is 64.8 Å². The molecule has 2 rings (SSSR count). The average molecular weight is 287 g/mol. The first-order valence-electron chi connectivity index (χ1n) is 5.82. The highest BCUT2D eigenvalue weighted by Crippen LogP contribution is 2.37. The lowest BCUT2D eigenvalue weighted by atomic mass is 10.2. The standard InChI is InChI=1S/C12H15ClN2O4/c1-18-10-6-14(7-11(10)19-2)9-5-3-4-8(13)12(9)15(16)17/h3-5,10-11H,6-7H2,1-2H3. The van der Waals surface area contributed by atoms with Gasteiger partial charge in [-0.1, -0.05) is 17.7 Å². The molecular formula is C12H15ClN2O4. The molecule has 0 bridgehead atoms. The van der Waals surface area contributed by atoms with E-state index in [1.807, 2.05) is 4.90 Å². The summed E-state index contributed by atoms with van der Waals surface area (Å²) in [5, 5.41) is 11.3. The quantitative estimate of drug-likeness (QED) is 0.626. The fraction of sp³-hybridized carbons (Fsp3) is 0.500. The Morgan fingerprint density at radius 3 is 2.37 bits per heavy atom. The maximum absolute atomic E-state index is 11.1. The molecule has 1 heterocycles. The van der Waals surface area contributed by atoms with Crippen molar-refractivity contribution < 1.29 is 14.4 Å². The lowest BCUT2D eigenvalue weighted by Gasteiger charge is -2.18. The number of para-hydroxylation sites is 1. The molecule has 1 aliphatic heterocycles. The molecule has 0 radical (unpaired) electrons. The van der Waals surface area contributed by atoms with Crippen molar-refractivity contribution in [3.63, 3.8) is 0 Å². The van der Waals surface area contributed by atoms with E-state index in [1.54, 1.807) is 26.4 Å². The van der Waals surface area contributed by atoms with Crippen molar-refractivity contribution >= 4 is 23.0 Å². The van der Waals surface area contributed by atoms with Crippen LogP contribution >= 0.6 is 11.6 Å². The van der Waals surface area contributed by atoms with Crippen molar-refractivity contribution in [2.45, 2.75) is 12.2 Å². The van der Waals surface area contributed by atoms with Crippen LogP contribution in [0.5, 0.6) is 0 Å². The van der Waals surface area contributed by atoms with Crippen molar-refractivity contribution in [3.05, 3.63) is 33.3 Å². The van der Waals surface area contributed by atoms with Gasteiger partial charge in [-0.2, -0.15) is 0 Å². The van der Waals surface area contributed by atoms with E-state index in [0.29, 0.717) is 18.8 Å². The lowest BCUT2D eigenvalue weighted by molar-refractivity contribution is -0.384. The number of nitro benzene ring substituents is 1. The minimum absolute atomic E-state index is 0.0734. The molecular weight excluding hydrogens is 272 g/mol. The second-order valence-corrected chi connectivity index (χ2v) is 4.73. The molecule has 0 aromatic heterocycles. The number of nitrogens with zero attached hydrogens (tertiary/aromatic N) is 2. The van der Waals surface area contributed by atoms with Gasteiger partial charge in [0.15, 0.2) is 0 Å². The van der Waals surface area contributed by atoms with Gasteiger partial charge in [0, 0.05) is 27.3 Å². The molecule has 1 fully saturated rings. The van der Waals surface area contributed by atoms with Crippen molar-refractivity contribution in [2.75, 3.05) is 32.2 Å². The first-order valence-corrected chi connectivity index (χ1v) is 6.19. The second-order valence-electron chi connectivity index (χ2n) is 4.32. The maximum Gasteiger partial charge on any atom is 0.310 e. The van der Waals surface area contributed by atoms with Crippen LogP contribution in [0.15, 0.2) is 18.2 Å². The van der Waals surface area contributed by atoms with Crippen molar-refractivity contribution in [3.8, 4) is 0 Å². The molecule has 19 heavy (non-hydrogen) atoms. The number of anilines is 1. The van der Waals surface area contributed by atoms with Gasteiger partial charge in [-0.3, -0.25) is 10.1 Å². The van der Waals surface area contributed by atoms with Crippen LogP contribution in [-0.2, 0) is 9.47 Å². The van der Waals surface area contributed by atoms with Gasteiger partial charge in [-0.05, 0) is 12.1 Å². The number of hydrogen-bond acceptors (Lipinski definition) is 5. The predicted molar refractivity (Wildman–Crippen MR) is 71.9 cm³/mol. The zero-order chi connectivity index (χ0) is 14.0. The number of nitro groups is 1. The molecule has 1 aromatic carbocycles. The zero-order valence-electron chi connectivity index (χ0n) is 10.7. The third-order valence-corrected chi connectivity index (χ3v) is 3.61. The summed E-state index contributed by atoms with van der Waals surface area (Å²) in [6, 6.07) is 4.91. The van der Waals surface area contributed by atoms with E-state index in [-0.39, 0.29) is 22.9 Å². The summed E-state index contributed by atoms with van der Waals surface area (Å²) in [7, 11) is 3.21. The molecule has 7 heteroatoms. The Bertz CT molecular complexity index is 471. The van der Waals surface area contributed by atoms with Crippen LogP contribution in [0.4, 0.5) is 11.4 Å². The highest BCUT2D eigenvalue weighted by atomic mass is 35.5. The molecule has 6 nitrogen and oxygen atoms in total. The fourth-order valence-electron chi connectivity index (χ4n) is 2.33. The van der Waals surface area contributed by atoms with Gasteiger partial charge in [0.1, 0.15) is 22.9 Å². The molecule has 0 aliphatic carbocycles. The summed E-state index contributed by atoms with van der Waals surface area (Å²) in [5.74, 6) is 0. The van der Waals surface area contributed by atoms with Crippen LogP contribution in [0, 0.1) is 10.1 Å². The second kappa shape index (κ2) is 5.73. The molecule has 104 valence electrons. The summed E-state index contributed by atoms with van der Waals surface area (Å²) in [4.78, 5) is 12.5. The van der Waals surface area contributed by atoms with Gasteiger partial charge < -0.3 is 14.4 Å². The number of halogens is 1. The van der Waals surface area contributed by atoms with Crippen LogP contribution in [-0.4, -0.2) is 44.4 Å². The molecule has 1 aliphatic rings. The molecule has 0 spiro atoms. The minimum Gasteiger partial charge on any atom is -0.377 e. The Labute approximate surface area is 116 Å². The maximum atomic E-state index is 11.1. The van der Waals surface area contributed by atoms with Crippen molar-refractivity contribution in [2.24, 2.45) is 0 Å². The van der Waals surface area contributed by atoms with E-state index < -0.39 is 4.92 Å². The van der Waals surface area contributed by atoms with Crippen LogP contribution in [0.25, 0.3) is 0 Å². The van der Waals surface area contributed by atoms with E-state index in [4.69, 9.17) is 21.1 Å². The summed E-state index contributed by atoms with van der Waals surface area (Å²) in [5.41, 5.74) is 0.426. The van der Waals surface area contributed by atoms with E-state index >= 15 is 0 Å². The Balaban J connectivity index is 2.33. The normalized spacial score (nSPS) is 22.8. The van der Waals surface area contributed by atoms with Crippen molar-refractivity contribution in [1.82, 2.24) is 0 Å². The molecule has 0 amide bonds. The number of ether oxygens (including phenoxy) is 2. The highest BCUT2D eigenvalue weighted by molar-refractivity contribution is 6.33. The van der Waals surface area contributed by atoms with Crippen LogP contribution < -0.4 is 4.90 Å². The van der Waals surface area contributed by atoms with Crippen LogP contribution in [0.2, 0.25) is 5.02 Å². The molecule has 2 atom stereocenters. The molecule has 0 N–H and O–H groups in total. The van der Waals surface area contributed by atoms with Gasteiger partial charge in [-0.25, -0.2) is 0 Å². The summed E-state index contributed by atoms with van der Waals surface area (Å²) < 4.78 is 10.7.